The van der Waals surface area contributed by atoms with E-state index in [0.29, 0.717) is 6.10 Å². The Kier molecular flexibility index (Phi) is 7.11. The molecule has 1 aliphatic rings. The number of hydrogen-bond donors (Lipinski definition) is 1. The second-order valence-electron chi connectivity index (χ2n) is 5.10. The van der Waals surface area contributed by atoms with Gasteiger partial charge in [0.25, 0.3) is 0 Å². The van der Waals surface area contributed by atoms with Gasteiger partial charge in [0.15, 0.2) is 0 Å². The Labute approximate surface area is 125 Å². The number of carboxylic acids is 1. The summed E-state index contributed by atoms with van der Waals surface area (Å²) in [6.45, 7) is 5.87. The summed E-state index contributed by atoms with van der Waals surface area (Å²) < 4.78 is 5.40. The van der Waals surface area contributed by atoms with Crippen LogP contribution in [0, 0.1) is 6.92 Å². The van der Waals surface area contributed by atoms with Crippen molar-refractivity contribution in [2.75, 3.05) is 25.1 Å². The largest absolute Gasteiger partial charge is 0.550 e. The molecule has 1 aromatic rings. The van der Waals surface area contributed by atoms with Crippen molar-refractivity contribution in [1.82, 2.24) is 4.98 Å². The van der Waals surface area contributed by atoms with Gasteiger partial charge in [-0.3, -0.25) is 0 Å². The van der Waals surface area contributed by atoms with E-state index in [9.17, 15) is 0 Å². The number of pyridine rings is 1. The smallest absolute Gasteiger partial charge is 0.137 e. The fraction of sp³-hybridized carbons (Fsp3) is 0.600. The maximum atomic E-state index is 8.89. The second kappa shape index (κ2) is 8.59. The molecule has 3 N–H and O–H groups in total. The molecule has 0 aliphatic carbocycles. The van der Waals surface area contributed by atoms with Crippen molar-refractivity contribution in [3.05, 3.63) is 23.4 Å². The van der Waals surface area contributed by atoms with Crippen LogP contribution >= 0.6 is 0 Å². The van der Waals surface area contributed by atoms with E-state index in [1.807, 2.05) is 6.92 Å². The summed E-state index contributed by atoms with van der Waals surface area (Å²) in [5.41, 5.74) is 6.30. The van der Waals surface area contributed by atoms with Gasteiger partial charge >= 0.3 is 0 Å². The summed E-state index contributed by atoms with van der Waals surface area (Å²) in [7, 11) is 1.80. The number of quaternary nitrogens is 1. The first kappa shape index (κ1) is 17.4. The highest BCUT2D eigenvalue weighted by Gasteiger charge is 2.21. The number of hydrogen-bond acceptors (Lipinski definition) is 5. The van der Waals surface area contributed by atoms with Crippen molar-refractivity contribution in [1.29, 1.82) is 0 Å². The maximum Gasteiger partial charge on any atom is 0.137 e. The molecular weight excluding hydrogens is 270 g/mol. The average molecular weight is 295 g/mol. The normalized spacial score (nSPS) is 15.3. The topological polar surface area (TPSA) is 93.1 Å². The molecule has 0 atom stereocenters. The molecule has 0 bridgehead atoms. The van der Waals surface area contributed by atoms with Gasteiger partial charge in [0.05, 0.1) is 6.10 Å². The molecule has 118 valence electrons. The van der Waals surface area contributed by atoms with Gasteiger partial charge < -0.3 is 25.3 Å². The van der Waals surface area contributed by atoms with Crippen LogP contribution in [0.25, 0.3) is 0 Å². The molecule has 0 radical (unpaired) electrons. The van der Waals surface area contributed by atoms with Gasteiger partial charge in [-0.25, -0.2) is 4.98 Å². The molecule has 0 spiro atoms. The quantitative estimate of drug-likeness (QED) is 0.811. The van der Waals surface area contributed by atoms with Crippen molar-refractivity contribution in [2.45, 2.75) is 39.3 Å². The van der Waals surface area contributed by atoms with Gasteiger partial charge in [-0.05, 0) is 38.8 Å². The Morgan fingerprint density at radius 2 is 2.05 bits per heavy atom. The molecule has 6 nitrogen and oxygen atoms in total. The number of carbonyl (C=O) groups excluding carboxylic acids is 1. The van der Waals surface area contributed by atoms with Crippen LogP contribution in [-0.4, -0.2) is 37.3 Å². The highest BCUT2D eigenvalue weighted by Crippen LogP contribution is 2.23. The van der Waals surface area contributed by atoms with Crippen LogP contribution in [-0.2, 0) is 16.1 Å². The van der Waals surface area contributed by atoms with Gasteiger partial charge in [-0.1, -0.05) is 0 Å². The zero-order chi connectivity index (χ0) is 15.8. The number of aliphatic carboxylic acids is 1. The van der Waals surface area contributed by atoms with Gasteiger partial charge in [-0.15, -0.1) is 0 Å². The summed E-state index contributed by atoms with van der Waals surface area (Å²) in [4.78, 5) is 15.9. The molecule has 1 aromatic heterocycles. The Morgan fingerprint density at radius 3 is 2.52 bits per heavy atom. The van der Waals surface area contributed by atoms with Crippen molar-refractivity contribution in [2.24, 2.45) is 0 Å². The van der Waals surface area contributed by atoms with Crippen molar-refractivity contribution >= 4 is 11.8 Å². The fourth-order valence-electron chi connectivity index (χ4n) is 2.34. The summed E-state index contributed by atoms with van der Waals surface area (Å²) in [5, 5.41) is 8.89. The van der Waals surface area contributed by atoms with Gasteiger partial charge in [-0.2, -0.15) is 0 Å². The standard InChI is InChI=1S/C13H21N3O.C2H4O2/c1-10-3-4-11(9-14)13(15-10)16-7-5-12(17-2)6-8-16;1-2(3)4/h3-4,12H,5-9,14H2,1-2H3;1H3,(H,3,4). The molecule has 0 unspecified atom stereocenters. The minimum absolute atomic E-state index is 0.416. The summed E-state index contributed by atoms with van der Waals surface area (Å²) in [6.07, 6.45) is 2.59. The number of carbonyl (C=O) groups is 1. The molecule has 1 aliphatic heterocycles. The molecule has 2 heterocycles. The van der Waals surface area contributed by atoms with E-state index < -0.39 is 5.97 Å². The average Bonchev–Trinajstić information content (AvgIpc) is 2.47. The summed E-state index contributed by atoms with van der Waals surface area (Å²) in [6, 6.07) is 4.21. The third-order valence-electron chi connectivity index (χ3n) is 3.44. The lowest BCUT2D eigenvalue weighted by Crippen LogP contribution is -2.48. The Bertz CT molecular complexity index is 453. The molecule has 1 fully saturated rings. The molecular formula is C15H25N3O3. The van der Waals surface area contributed by atoms with Gasteiger partial charge in [0, 0.05) is 37.4 Å². The predicted octanol–water partition coefficient (Wildman–Crippen LogP) is -0.497. The third kappa shape index (κ3) is 5.69. The Hall–Kier alpha value is -1.66. The van der Waals surface area contributed by atoms with Crippen LogP contribution in [0.1, 0.15) is 31.0 Å². The number of rotatable bonds is 3. The number of carboxylic acid groups (broad SMARTS) is 1. The first-order valence-electron chi connectivity index (χ1n) is 7.19. The van der Waals surface area contributed by atoms with Crippen LogP contribution in [0.3, 0.4) is 0 Å². The molecule has 1 saturated heterocycles. The van der Waals surface area contributed by atoms with Crippen molar-refractivity contribution in [3.8, 4) is 0 Å². The van der Waals surface area contributed by atoms with Gasteiger partial charge in [0.1, 0.15) is 12.4 Å². The van der Waals surface area contributed by atoms with E-state index in [2.05, 4.69) is 27.8 Å². The van der Waals surface area contributed by atoms with E-state index >= 15 is 0 Å². The van der Waals surface area contributed by atoms with E-state index in [1.165, 1.54) is 5.56 Å². The lowest BCUT2D eigenvalue weighted by atomic mass is 10.1. The lowest BCUT2D eigenvalue weighted by Gasteiger charge is -2.33. The third-order valence-corrected chi connectivity index (χ3v) is 3.44. The summed E-state index contributed by atoms with van der Waals surface area (Å²) >= 11 is 0. The van der Waals surface area contributed by atoms with Crippen LogP contribution in [0.4, 0.5) is 5.82 Å². The Balaban J connectivity index is 0.000000491. The first-order chi connectivity index (χ1) is 9.97. The van der Waals surface area contributed by atoms with Crippen LogP contribution in [0.2, 0.25) is 0 Å². The SMILES string of the molecule is CC(=O)[O-].COC1CCN(c2nc(C)ccc2C[NH3+])CC1. The van der Waals surface area contributed by atoms with Crippen LogP contribution in [0.5, 0.6) is 0 Å². The van der Waals surface area contributed by atoms with Crippen LogP contribution in [0.15, 0.2) is 12.1 Å². The van der Waals surface area contributed by atoms with Crippen molar-refractivity contribution < 1.29 is 20.4 Å². The monoisotopic (exact) mass is 295 g/mol. The zero-order valence-corrected chi connectivity index (χ0v) is 13.1. The lowest BCUT2D eigenvalue weighted by molar-refractivity contribution is -0.386. The predicted molar refractivity (Wildman–Crippen MR) is 78.5 cm³/mol. The molecule has 21 heavy (non-hydrogen) atoms. The fourth-order valence-corrected chi connectivity index (χ4v) is 2.34. The van der Waals surface area contributed by atoms with Gasteiger partial charge in [0.2, 0.25) is 0 Å². The molecule has 0 aromatic carbocycles. The summed E-state index contributed by atoms with van der Waals surface area (Å²) in [5.74, 6) is 0.0366. The maximum absolute atomic E-state index is 8.89. The Morgan fingerprint density at radius 1 is 1.48 bits per heavy atom. The van der Waals surface area contributed by atoms with E-state index in [-0.39, 0.29) is 0 Å². The second-order valence-corrected chi connectivity index (χ2v) is 5.10. The minimum atomic E-state index is -1.08. The minimum Gasteiger partial charge on any atom is -0.550 e. The first-order valence-corrected chi connectivity index (χ1v) is 7.19. The molecule has 0 amide bonds. The van der Waals surface area contributed by atoms with Crippen LogP contribution < -0.4 is 15.7 Å². The number of piperidine rings is 1. The number of anilines is 1. The highest BCUT2D eigenvalue weighted by atomic mass is 16.5. The van der Waals surface area contributed by atoms with E-state index in [1.54, 1.807) is 7.11 Å². The number of aromatic nitrogens is 1. The zero-order valence-electron chi connectivity index (χ0n) is 13.1. The van der Waals surface area contributed by atoms with Crippen molar-refractivity contribution in [3.63, 3.8) is 0 Å². The number of ether oxygens (including phenoxy) is 1. The molecule has 2 rings (SSSR count). The number of aryl methyl sites for hydroxylation is 1. The van der Waals surface area contributed by atoms with E-state index in [0.717, 1.165) is 50.9 Å². The molecule has 0 saturated carbocycles. The molecule has 6 heteroatoms. The number of methoxy groups -OCH3 is 1. The number of nitrogens with zero attached hydrogens (tertiary/aromatic N) is 2. The highest BCUT2D eigenvalue weighted by molar-refractivity contribution is 5.60. The van der Waals surface area contributed by atoms with E-state index in [4.69, 9.17) is 14.6 Å².